The van der Waals surface area contributed by atoms with E-state index in [2.05, 4.69) is 132 Å². The fraction of sp³-hybridized carbons (Fsp3) is 0. The molecule has 0 aromatic heterocycles. The molecule has 8 aromatic rings. The van der Waals surface area contributed by atoms with E-state index in [1.54, 1.807) is 0 Å². The Morgan fingerprint density at radius 1 is 0.417 bits per heavy atom. The Morgan fingerprint density at radius 2 is 0.750 bits per heavy atom. The number of hydrogen-bond donors (Lipinski definition) is 0. The van der Waals surface area contributed by atoms with Gasteiger partial charge in [-0.25, -0.2) is 4.85 Å². The average Bonchev–Trinajstić information content (AvgIpc) is 3.16. The fourth-order valence-electron chi connectivity index (χ4n) is 6.91. The topological polar surface area (TPSA) is 28.1 Å². The van der Waals surface area contributed by atoms with Gasteiger partial charge in [-0.1, -0.05) is 158 Å². The molecule has 8 aromatic carbocycles. The lowest BCUT2D eigenvalue weighted by Gasteiger charge is -2.20. The fourth-order valence-corrected chi connectivity index (χ4v) is 6.91. The van der Waals surface area contributed by atoms with Crippen molar-refractivity contribution < 1.29 is 0 Å². The predicted octanol–water partition coefficient (Wildman–Crippen LogP) is 12.7. The van der Waals surface area contributed by atoms with Gasteiger partial charge in [0.15, 0.2) is 5.69 Å². The van der Waals surface area contributed by atoms with E-state index in [1.807, 2.05) is 48.5 Å². The number of fused-ring (bicyclic) bond motifs is 4. The molecule has 222 valence electrons. The monoisotopic (exact) mass is 608 g/mol. The molecule has 0 heterocycles. The van der Waals surface area contributed by atoms with E-state index >= 15 is 0 Å². The van der Waals surface area contributed by atoms with Gasteiger partial charge in [0.25, 0.3) is 0 Å². The van der Waals surface area contributed by atoms with Crippen LogP contribution < -0.4 is 0 Å². The van der Waals surface area contributed by atoms with E-state index < -0.39 is 0 Å². The van der Waals surface area contributed by atoms with Crippen molar-refractivity contribution in [2.45, 2.75) is 0 Å². The summed E-state index contributed by atoms with van der Waals surface area (Å²) in [6.45, 7) is 7.30. The van der Waals surface area contributed by atoms with Crippen LogP contribution in [0.25, 0.3) is 83.4 Å². The molecule has 2 nitrogen and oxygen atoms in total. The molecule has 48 heavy (non-hydrogen) atoms. The van der Waals surface area contributed by atoms with E-state index in [9.17, 15) is 5.26 Å². The first-order valence-corrected chi connectivity index (χ1v) is 15.9. The highest BCUT2D eigenvalue weighted by molar-refractivity contribution is 6.27. The Hall–Kier alpha value is -6.74. The van der Waals surface area contributed by atoms with Gasteiger partial charge in [-0.15, -0.1) is 0 Å². The van der Waals surface area contributed by atoms with Crippen molar-refractivity contribution >= 4 is 73.1 Å². The second-order valence-corrected chi connectivity index (χ2v) is 11.9. The van der Waals surface area contributed by atoms with Crippen LogP contribution >= 0.6 is 0 Å². The molecule has 0 spiro atoms. The molecule has 0 amide bonds. The van der Waals surface area contributed by atoms with Crippen LogP contribution in [0.5, 0.6) is 0 Å². The van der Waals surface area contributed by atoms with Crippen molar-refractivity contribution in [3.8, 4) is 17.2 Å². The largest absolute Gasteiger partial charge is 0.238 e. The second-order valence-electron chi connectivity index (χ2n) is 11.9. The number of hydrogen-bond acceptors (Lipinski definition) is 1. The Bertz CT molecular complexity index is 2360. The zero-order chi connectivity index (χ0) is 32.5. The zero-order valence-corrected chi connectivity index (χ0v) is 26.1. The molecule has 0 unspecified atom stereocenters. The van der Waals surface area contributed by atoms with E-state index in [-0.39, 0.29) is 0 Å². The Balaban J connectivity index is 1.41. The molecule has 0 aliphatic carbocycles. The van der Waals surface area contributed by atoms with Gasteiger partial charge in [0, 0.05) is 0 Å². The summed E-state index contributed by atoms with van der Waals surface area (Å²) in [7, 11) is 0. The predicted molar refractivity (Wildman–Crippen MR) is 204 cm³/mol. The number of rotatable bonds is 5. The molecular weight excluding hydrogens is 581 g/mol. The quantitative estimate of drug-likeness (QED) is 0.109. The number of nitriles is 1. The van der Waals surface area contributed by atoms with Gasteiger partial charge in [-0.2, -0.15) is 5.26 Å². The van der Waals surface area contributed by atoms with Crippen molar-refractivity contribution in [2.75, 3.05) is 0 Å². The van der Waals surface area contributed by atoms with Crippen LogP contribution in [-0.2, 0) is 0 Å². The van der Waals surface area contributed by atoms with Crippen LogP contribution in [0.15, 0.2) is 146 Å². The molecule has 0 radical (unpaired) electrons. The first-order chi connectivity index (χ1) is 23.7. The molecular formula is C46H28N2. The van der Waals surface area contributed by atoms with Crippen LogP contribution in [0.4, 0.5) is 5.69 Å². The Labute approximate surface area is 279 Å². The maximum absolute atomic E-state index is 9.25. The van der Waals surface area contributed by atoms with Crippen LogP contribution in [0.3, 0.4) is 0 Å². The normalized spacial score (nSPS) is 11.5. The molecule has 0 saturated heterocycles. The lowest BCUT2D eigenvalue weighted by atomic mass is 9.82. The van der Waals surface area contributed by atoms with Crippen molar-refractivity contribution in [1.29, 1.82) is 5.26 Å². The third-order valence-electron chi connectivity index (χ3n) is 9.14. The molecule has 0 fully saturated rings. The van der Waals surface area contributed by atoms with Crippen molar-refractivity contribution in [1.82, 2.24) is 0 Å². The van der Waals surface area contributed by atoms with Gasteiger partial charge in [0.05, 0.1) is 18.2 Å². The summed E-state index contributed by atoms with van der Waals surface area (Å²) < 4.78 is 0. The number of benzene rings is 8. The average molecular weight is 609 g/mol. The third kappa shape index (κ3) is 5.00. The lowest BCUT2D eigenvalue weighted by Crippen LogP contribution is -1.94. The molecule has 0 aliphatic rings. The first-order valence-electron chi connectivity index (χ1n) is 15.9. The second kappa shape index (κ2) is 12.2. The van der Waals surface area contributed by atoms with E-state index in [0.717, 1.165) is 11.1 Å². The van der Waals surface area contributed by atoms with E-state index in [4.69, 9.17) is 6.57 Å². The summed E-state index contributed by atoms with van der Waals surface area (Å²) in [5.74, 6) is 0. The molecule has 0 aliphatic heterocycles. The maximum Gasteiger partial charge on any atom is 0.187 e. The first kappa shape index (κ1) is 28.7. The minimum atomic E-state index is 0.641. The molecule has 8 rings (SSSR count). The van der Waals surface area contributed by atoms with Crippen molar-refractivity contribution in [3.05, 3.63) is 185 Å². The van der Waals surface area contributed by atoms with E-state index in [1.165, 1.54) is 65.3 Å². The molecule has 0 saturated carbocycles. The summed E-state index contributed by atoms with van der Waals surface area (Å²) >= 11 is 0. The van der Waals surface area contributed by atoms with E-state index in [0.29, 0.717) is 11.3 Å². The van der Waals surface area contributed by atoms with Crippen LogP contribution in [-0.4, -0.2) is 0 Å². The summed E-state index contributed by atoms with van der Waals surface area (Å²) in [4.78, 5) is 3.54. The Morgan fingerprint density at radius 3 is 1.08 bits per heavy atom. The number of nitrogens with zero attached hydrogens (tertiary/aromatic N) is 2. The van der Waals surface area contributed by atoms with Crippen LogP contribution in [0.1, 0.15) is 27.8 Å². The summed E-state index contributed by atoms with van der Waals surface area (Å²) in [6, 6.07) is 52.6. The van der Waals surface area contributed by atoms with Gasteiger partial charge < -0.3 is 0 Å². The van der Waals surface area contributed by atoms with Gasteiger partial charge in [-0.3, -0.25) is 0 Å². The molecule has 2 heteroatoms. The highest BCUT2D eigenvalue weighted by Gasteiger charge is 2.20. The van der Waals surface area contributed by atoms with Crippen molar-refractivity contribution in [3.63, 3.8) is 0 Å². The SMILES string of the molecule is [C-]#[N+]c1ccc(/C=C/c2c3ccccc3c(-c3c4ccccc4c(/C=C/c4ccc(C#N)cc4)c4ccccc34)c3ccccc23)cc1. The third-order valence-corrected chi connectivity index (χ3v) is 9.14. The van der Waals surface area contributed by atoms with Gasteiger partial charge >= 0.3 is 0 Å². The minimum absolute atomic E-state index is 0.641. The molecule has 0 N–H and O–H groups in total. The van der Waals surface area contributed by atoms with Crippen LogP contribution in [0, 0.1) is 17.9 Å². The molecule has 0 bridgehead atoms. The molecule has 0 atom stereocenters. The van der Waals surface area contributed by atoms with Gasteiger partial charge in [-0.05, 0) is 88.6 Å². The zero-order valence-electron chi connectivity index (χ0n) is 26.1. The maximum atomic E-state index is 9.25. The van der Waals surface area contributed by atoms with Gasteiger partial charge in [0.1, 0.15) is 0 Å². The summed E-state index contributed by atoms with van der Waals surface area (Å²) in [5, 5.41) is 18.8. The highest BCUT2D eigenvalue weighted by atomic mass is 14.6. The Kier molecular flexibility index (Phi) is 7.31. The lowest BCUT2D eigenvalue weighted by molar-refractivity contribution is 1.48. The summed E-state index contributed by atoms with van der Waals surface area (Å²) in [6.07, 6.45) is 8.71. The standard InChI is InChI=1S/C46H28N2/c1-48-34-26-22-32(23-27-34)25-29-40-37-12-4-8-16-43(37)46(44-17-9-5-13-38(40)44)45-41-14-6-2-10-35(41)39(36-11-3-7-15-42(36)45)28-24-31-18-20-33(30-47)21-19-31/h2-29H/b28-24+,29-25+. The van der Waals surface area contributed by atoms with Crippen molar-refractivity contribution in [2.24, 2.45) is 0 Å². The van der Waals surface area contributed by atoms with Gasteiger partial charge in [0.2, 0.25) is 0 Å². The van der Waals surface area contributed by atoms with Crippen LogP contribution in [0.2, 0.25) is 0 Å². The smallest absolute Gasteiger partial charge is 0.187 e. The highest BCUT2D eigenvalue weighted by Crippen LogP contribution is 2.47. The minimum Gasteiger partial charge on any atom is -0.238 e. The summed E-state index contributed by atoms with van der Waals surface area (Å²) in [5.41, 5.74) is 8.22.